The Morgan fingerprint density at radius 3 is 1.58 bits per heavy atom. The van der Waals surface area contributed by atoms with Crippen LogP contribution in [-0.4, -0.2) is 4.98 Å². The van der Waals surface area contributed by atoms with Crippen LogP contribution in [0.4, 0.5) is 0 Å². The summed E-state index contributed by atoms with van der Waals surface area (Å²) in [6, 6.07) is 53.2. The van der Waals surface area contributed by atoms with Crippen LogP contribution in [0.1, 0.15) is 5.56 Å². The summed E-state index contributed by atoms with van der Waals surface area (Å²) in [6.45, 7) is 2.11. The van der Waals surface area contributed by atoms with Gasteiger partial charge in [-0.1, -0.05) is 127 Å². The van der Waals surface area contributed by atoms with Crippen LogP contribution in [0.3, 0.4) is 0 Å². The predicted octanol–water partition coefficient (Wildman–Crippen LogP) is 11.5. The van der Waals surface area contributed by atoms with Crippen LogP contribution in [0, 0.1) is 6.92 Å². The molecule has 0 spiro atoms. The Balaban J connectivity index is 1.31. The average Bonchev–Trinajstić information content (AvgIpc) is 3.07. The van der Waals surface area contributed by atoms with Crippen molar-refractivity contribution in [2.75, 3.05) is 0 Å². The molecule has 1 heteroatoms. The molecule has 0 aliphatic rings. The minimum absolute atomic E-state index is 1.18. The smallest absolute Gasteiger partial charge is 0.0303 e. The Kier molecular flexibility index (Phi) is 6.09. The van der Waals surface area contributed by atoms with Gasteiger partial charge in [0.25, 0.3) is 0 Å². The van der Waals surface area contributed by atoms with Crippen molar-refractivity contribution >= 4 is 32.3 Å². The van der Waals surface area contributed by atoms with Crippen LogP contribution < -0.4 is 0 Å². The maximum atomic E-state index is 4.25. The molecule has 1 heterocycles. The summed E-state index contributed by atoms with van der Waals surface area (Å²) in [5, 5.41) is 7.60. The number of pyridine rings is 1. The highest BCUT2D eigenvalue weighted by atomic mass is 14.6. The monoisotopic (exact) mass is 547 g/mol. The number of fused-ring (bicyclic) bond motifs is 3. The van der Waals surface area contributed by atoms with Gasteiger partial charge >= 0.3 is 0 Å². The molecule has 43 heavy (non-hydrogen) atoms. The highest BCUT2D eigenvalue weighted by Gasteiger charge is 2.17. The summed E-state index contributed by atoms with van der Waals surface area (Å²) in [7, 11) is 0. The molecule has 0 saturated heterocycles. The van der Waals surface area contributed by atoms with Gasteiger partial charge in [0.1, 0.15) is 0 Å². The third-order valence-corrected chi connectivity index (χ3v) is 8.67. The fraction of sp³-hybridized carbons (Fsp3) is 0.0238. The molecule has 0 radical (unpaired) electrons. The highest BCUT2D eigenvalue weighted by molar-refractivity contribution is 6.21. The minimum atomic E-state index is 1.18. The van der Waals surface area contributed by atoms with Crippen LogP contribution in [-0.2, 0) is 0 Å². The second-order valence-electron chi connectivity index (χ2n) is 11.3. The van der Waals surface area contributed by atoms with E-state index in [2.05, 4.69) is 158 Å². The zero-order chi connectivity index (χ0) is 28.8. The molecule has 0 bridgehead atoms. The standard InChI is InChI=1S/C42H29N/c1-28-27-43-24-23-36(28)31-20-17-30(18-21-31)33-11-8-12-34(25-33)41-37-13-4-6-15-39(37)42(40-16-7-5-14-38(40)41)35-22-19-29-9-2-3-10-32(29)26-35/h2-27H,1H3. The van der Waals surface area contributed by atoms with Gasteiger partial charge < -0.3 is 0 Å². The molecule has 0 unspecified atom stereocenters. The molecule has 0 N–H and O–H groups in total. The van der Waals surface area contributed by atoms with E-state index in [0.717, 1.165) is 0 Å². The molecule has 0 amide bonds. The van der Waals surface area contributed by atoms with Crippen LogP contribution in [0.5, 0.6) is 0 Å². The van der Waals surface area contributed by atoms with Gasteiger partial charge in [-0.05, 0) is 108 Å². The normalized spacial score (nSPS) is 11.4. The first-order valence-corrected chi connectivity index (χ1v) is 14.8. The minimum Gasteiger partial charge on any atom is -0.264 e. The second-order valence-corrected chi connectivity index (χ2v) is 11.3. The van der Waals surface area contributed by atoms with E-state index in [9.17, 15) is 0 Å². The van der Waals surface area contributed by atoms with Crippen molar-refractivity contribution in [3.05, 3.63) is 164 Å². The predicted molar refractivity (Wildman–Crippen MR) is 183 cm³/mol. The SMILES string of the molecule is Cc1cnccc1-c1ccc(-c2cccc(-c3c4ccccc4c(-c4ccc5ccccc5c4)c4ccccc34)c2)cc1. The highest BCUT2D eigenvalue weighted by Crippen LogP contribution is 2.44. The number of aromatic nitrogens is 1. The maximum Gasteiger partial charge on any atom is 0.0303 e. The van der Waals surface area contributed by atoms with Crippen LogP contribution in [0.2, 0.25) is 0 Å². The molecule has 0 fully saturated rings. The number of benzene rings is 7. The second kappa shape index (κ2) is 10.4. The van der Waals surface area contributed by atoms with E-state index in [-0.39, 0.29) is 0 Å². The summed E-state index contributed by atoms with van der Waals surface area (Å²) in [6.07, 6.45) is 3.78. The van der Waals surface area contributed by atoms with E-state index in [1.54, 1.807) is 0 Å². The summed E-state index contributed by atoms with van der Waals surface area (Å²) in [4.78, 5) is 4.25. The summed E-state index contributed by atoms with van der Waals surface area (Å²) in [5.74, 6) is 0. The van der Waals surface area contributed by atoms with E-state index < -0.39 is 0 Å². The summed E-state index contributed by atoms with van der Waals surface area (Å²) < 4.78 is 0. The molecule has 8 rings (SSSR count). The first-order valence-electron chi connectivity index (χ1n) is 14.8. The lowest BCUT2D eigenvalue weighted by molar-refractivity contribution is 1.27. The number of rotatable bonds is 4. The third kappa shape index (κ3) is 4.38. The van der Waals surface area contributed by atoms with Crippen molar-refractivity contribution < 1.29 is 0 Å². The van der Waals surface area contributed by atoms with E-state index in [4.69, 9.17) is 0 Å². The average molecular weight is 548 g/mol. The molecule has 202 valence electrons. The Morgan fingerprint density at radius 2 is 0.930 bits per heavy atom. The van der Waals surface area contributed by atoms with Gasteiger partial charge in [-0.2, -0.15) is 0 Å². The van der Waals surface area contributed by atoms with Crippen LogP contribution in [0.25, 0.3) is 76.8 Å². The first kappa shape index (κ1) is 25.2. The first-order chi connectivity index (χ1) is 21.2. The molecule has 7 aromatic carbocycles. The number of hydrogen-bond donors (Lipinski definition) is 0. The molecule has 0 atom stereocenters. The summed E-state index contributed by atoms with van der Waals surface area (Å²) >= 11 is 0. The Hall–Kier alpha value is -5.53. The van der Waals surface area contributed by atoms with Crippen LogP contribution in [0.15, 0.2) is 158 Å². The topological polar surface area (TPSA) is 12.9 Å². The van der Waals surface area contributed by atoms with E-state index in [1.165, 1.54) is 82.4 Å². The zero-order valence-corrected chi connectivity index (χ0v) is 24.0. The lowest BCUT2D eigenvalue weighted by Crippen LogP contribution is -1.91. The van der Waals surface area contributed by atoms with Crippen molar-refractivity contribution in [3.8, 4) is 44.5 Å². The maximum absolute atomic E-state index is 4.25. The van der Waals surface area contributed by atoms with Crippen molar-refractivity contribution in [1.82, 2.24) is 4.98 Å². The molecule has 8 aromatic rings. The molecular weight excluding hydrogens is 518 g/mol. The number of hydrogen-bond acceptors (Lipinski definition) is 1. The van der Waals surface area contributed by atoms with E-state index in [1.807, 2.05) is 12.4 Å². The Morgan fingerprint density at radius 1 is 0.395 bits per heavy atom. The molecule has 1 nitrogen and oxygen atoms in total. The molecular formula is C42H29N. The molecule has 0 aliphatic heterocycles. The zero-order valence-electron chi connectivity index (χ0n) is 24.0. The van der Waals surface area contributed by atoms with Gasteiger partial charge in [-0.15, -0.1) is 0 Å². The van der Waals surface area contributed by atoms with E-state index >= 15 is 0 Å². The third-order valence-electron chi connectivity index (χ3n) is 8.67. The van der Waals surface area contributed by atoms with Crippen molar-refractivity contribution in [2.24, 2.45) is 0 Å². The van der Waals surface area contributed by atoms with Gasteiger partial charge in [0.2, 0.25) is 0 Å². The van der Waals surface area contributed by atoms with Gasteiger partial charge in [0.15, 0.2) is 0 Å². The Labute approximate surface area is 251 Å². The Bertz CT molecular complexity index is 2240. The molecule has 0 aliphatic carbocycles. The van der Waals surface area contributed by atoms with Crippen molar-refractivity contribution in [1.29, 1.82) is 0 Å². The van der Waals surface area contributed by atoms with Gasteiger partial charge in [-0.25, -0.2) is 0 Å². The van der Waals surface area contributed by atoms with Gasteiger partial charge in [0.05, 0.1) is 0 Å². The fourth-order valence-electron chi connectivity index (χ4n) is 6.59. The van der Waals surface area contributed by atoms with Gasteiger partial charge in [-0.3, -0.25) is 4.98 Å². The van der Waals surface area contributed by atoms with Crippen LogP contribution >= 0.6 is 0 Å². The lowest BCUT2D eigenvalue weighted by Gasteiger charge is -2.18. The van der Waals surface area contributed by atoms with Crippen molar-refractivity contribution in [2.45, 2.75) is 6.92 Å². The lowest BCUT2D eigenvalue weighted by atomic mass is 9.85. The van der Waals surface area contributed by atoms with E-state index in [0.29, 0.717) is 0 Å². The molecule has 0 saturated carbocycles. The fourth-order valence-corrected chi connectivity index (χ4v) is 6.59. The number of nitrogens with zero attached hydrogens (tertiary/aromatic N) is 1. The van der Waals surface area contributed by atoms with Gasteiger partial charge in [0, 0.05) is 12.4 Å². The number of aryl methyl sites for hydroxylation is 1. The summed E-state index contributed by atoms with van der Waals surface area (Å²) in [5.41, 5.74) is 11.1. The van der Waals surface area contributed by atoms with Crippen molar-refractivity contribution in [3.63, 3.8) is 0 Å². The quantitative estimate of drug-likeness (QED) is 0.200. The molecule has 1 aromatic heterocycles. The largest absolute Gasteiger partial charge is 0.264 e.